The van der Waals surface area contributed by atoms with Gasteiger partial charge in [-0.2, -0.15) is 0 Å². The van der Waals surface area contributed by atoms with Gasteiger partial charge in [0.15, 0.2) is 0 Å². The largest absolute Gasteiger partial charge is 0.307 e. The lowest BCUT2D eigenvalue weighted by molar-refractivity contribution is 0.102. The van der Waals surface area contributed by atoms with Crippen molar-refractivity contribution in [3.63, 3.8) is 0 Å². The Morgan fingerprint density at radius 2 is 1.82 bits per heavy atom. The minimum atomic E-state index is -3.81. The van der Waals surface area contributed by atoms with Crippen LogP contribution in [-0.2, 0) is 10.0 Å². The third-order valence-corrected chi connectivity index (χ3v) is 5.50. The number of pyridine rings is 1. The third-order valence-electron chi connectivity index (χ3n) is 3.98. The smallest absolute Gasteiger partial charge is 0.262 e. The summed E-state index contributed by atoms with van der Waals surface area (Å²) in [6.07, 6.45) is 0.990. The summed E-state index contributed by atoms with van der Waals surface area (Å²) < 4.78 is 40.8. The van der Waals surface area contributed by atoms with E-state index in [1.165, 1.54) is 24.3 Å². The molecule has 144 valence electrons. The Balaban J connectivity index is 1.82. The second-order valence-corrected chi connectivity index (χ2v) is 7.92. The van der Waals surface area contributed by atoms with Gasteiger partial charge in [0.25, 0.3) is 15.9 Å². The van der Waals surface area contributed by atoms with Crippen LogP contribution in [0.15, 0.2) is 65.7 Å². The van der Waals surface area contributed by atoms with E-state index in [4.69, 9.17) is 0 Å². The van der Waals surface area contributed by atoms with Crippen LogP contribution in [0.5, 0.6) is 0 Å². The van der Waals surface area contributed by atoms with Crippen LogP contribution in [0.3, 0.4) is 0 Å². The van der Waals surface area contributed by atoms with Gasteiger partial charge in [0.2, 0.25) is 0 Å². The SMILES string of the molecule is Cc1ccc(C)c(S(=O)(=O)Nc2cccc(C(=O)Nc3ccc(F)cn3)c2)c1. The van der Waals surface area contributed by atoms with Gasteiger partial charge in [-0.25, -0.2) is 17.8 Å². The molecular formula is C20H18FN3O3S. The minimum Gasteiger partial charge on any atom is -0.307 e. The molecule has 6 nitrogen and oxygen atoms in total. The molecule has 0 spiro atoms. The average molecular weight is 399 g/mol. The summed E-state index contributed by atoms with van der Waals surface area (Å²) in [4.78, 5) is 16.3. The summed E-state index contributed by atoms with van der Waals surface area (Å²) >= 11 is 0. The maximum Gasteiger partial charge on any atom is 0.262 e. The molecule has 0 fully saturated rings. The number of hydrogen-bond donors (Lipinski definition) is 2. The number of sulfonamides is 1. The molecule has 0 saturated carbocycles. The van der Waals surface area contributed by atoms with Crippen molar-refractivity contribution in [3.8, 4) is 0 Å². The highest BCUT2D eigenvalue weighted by atomic mass is 32.2. The number of rotatable bonds is 5. The number of halogens is 1. The first-order valence-electron chi connectivity index (χ1n) is 8.38. The Kier molecular flexibility index (Phi) is 5.41. The summed E-state index contributed by atoms with van der Waals surface area (Å²) in [6, 6.07) is 13.7. The lowest BCUT2D eigenvalue weighted by Gasteiger charge is -2.12. The third kappa shape index (κ3) is 4.52. The van der Waals surface area contributed by atoms with E-state index >= 15 is 0 Å². The number of amides is 1. The molecule has 0 aliphatic heterocycles. The van der Waals surface area contributed by atoms with Crippen LogP contribution in [0.25, 0.3) is 0 Å². The fraction of sp³-hybridized carbons (Fsp3) is 0.100. The second-order valence-electron chi connectivity index (χ2n) is 6.27. The lowest BCUT2D eigenvalue weighted by Crippen LogP contribution is -2.16. The quantitative estimate of drug-likeness (QED) is 0.681. The Labute approximate surface area is 162 Å². The number of hydrogen-bond acceptors (Lipinski definition) is 4. The number of carbonyl (C=O) groups is 1. The molecule has 0 bridgehead atoms. The standard InChI is InChI=1S/C20H18FN3O3S/c1-13-6-7-14(2)18(10-13)28(26,27)24-17-5-3-4-15(11-17)20(25)23-19-9-8-16(21)12-22-19/h3-12,24H,1-2H3,(H,22,23,25). The van der Waals surface area contributed by atoms with Crippen molar-refractivity contribution < 1.29 is 17.6 Å². The van der Waals surface area contributed by atoms with Crippen LogP contribution in [0.4, 0.5) is 15.9 Å². The van der Waals surface area contributed by atoms with E-state index in [0.29, 0.717) is 5.56 Å². The van der Waals surface area contributed by atoms with Crippen molar-refractivity contribution in [2.45, 2.75) is 18.7 Å². The van der Waals surface area contributed by atoms with Crippen molar-refractivity contribution in [1.29, 1.82) is 0 Å². The zero-order chi connectivity index (χ0) is 20.3. The molecule has 28 heavy (non-hydrogen) atoms. The molecular weight excluding hydrogens is 381 g/mol. The molecule has 1 aromatic heterocycles. The van der Waals surface area contributed by atoms with Crippen molar-refractivity contribution in [3.05, 3.63) is 83.3 Å². The van der Waals surface area contributed by atoms with Crippen LogP contribution in [-0.4, -0.2) is 19.3 Å². The van der Waals surface area contributed by atoms with Gasteiger partial charge >= 0.3 is 0 Å². The van der Waals surface area contributed by atoms with Gasteiger partial charge in [-0.05, 0) is 61.4 Å². The lowest BCUT2D eigenvalue weighted by atomic mass is 10.2. The van der Waals surface area contributed by atoms with Crippen molar-refractivity contribution in [2.75, 3.05) is 10.0 Å². The molecule has 0 aliphatic rings. The topological polar surface area (TPSA) is 88.2 Å². The highest BCUT2D eigenvalue weighted by Gasteiger charge is 2.18. The fourth-order valence-electron chi connectivity index (χ4n) is 2.57. The highest BCUT2D eigenvalue weighted by Crippen LogP contribution is 2.21. The molecule has 1 heterocycles. The zero-order valence-electron chi connectivity index (χ0n) is 15.2. The Morgan fingerprint density at radius 3 is 2.54 bits per heavy atom. The molecule has 0 radical (unpaired) electrons. The summed E-state index contributed by atoms with van der Waals surface area (Å²) in [6.45, 7) is 3.53. The molecule has 3 aromatic rings. The van der Waals surface area contributed by atoms with Gasteiger partial charge < -0.3 is 5.32 Å². The number of nitrogens with zero attached hydrogens (tertiary/aromatic N) is 1. The van der Waals surface area contributed by atoms with Crippen molar-refractivity contribution >= 4 is 27.4 Å². The monoisotopic (exact) mass is 399 g/mol. The molecule has 0 aliphatic carbocycles. The number of aryl methyl sites for hydroxylation is 2. The van der Waals surface area contributed by atoms with E-state index in [2.05, 4.69) is 15.0 Å². The molecule has 8 heteroatoms. The van der Waals surface area contributed by atoms with Crippen molar-refractivity contribution in [1.82, 2.24) is 4.98 Å². The van der Waals surface area contributed by atoms with E-state index in [1.54, 1.807) is 31.2 Å². The van der Waals surface area contributed by atoms with E-state index in [9.17, 15) is 17.6 Å². The van der Waals surface area contributed by atoms with E-state index in [1.807, 2.05) is 13.0 Å². The second kappa shape index (κ2) is 7.77. The Morgan fingerprint density at radius 1 is 1.04 bits per heavy atom. The van der Waals surface area contributed by atoms with Crippen LogP contribution in [0.1, 0.15) is 21.5 Å². The maximum absolute atomic E-state index is 12.9. The van der Waals surface area contributed by atoms with Crippen LogP contribution in [0.2, 0.25) is 0 Å². The number of benzene rings is 2. The predicted molar refractivity (Wildman–Crippen MR) is 105 cm³/mol. The van der Waals surface area contributed by atoms with Gasteiger partial charge in [0.1, 0.15) is 11.6 Å². The van der Waals surface area contributed by atoms with Gasteiger partial charge in [0, 0.05) is 11.3 Å². The van der Waals surface area contributed by atoms with Gasteiger partial charge in [-0.15, -0.1) is 0 Å². The highest BCUT2D eigenvalue weighted by molar-refractivity contribution is 7.92. The first-order chi connectivity index (χ1) is 13.2. The summed E-state index contributed by atoms with van der Waals surface area (Å²) in [7, 11) is -3.81. The van der Waals surface area contributed by atoms with Crippen LogP contribution in [0, 0.1) is 19.7 Å². The van der Waals surface area contributed by atoms with E-state index < -0.39 is 21.7 Å². The normalized spacial score (nSPS) is 11.1. The van der Waals surface area contributed by atoms with Gasteiger partial charge in [0.05, 0.1) is 11.1 Å². The van der Waals surface area contributed by atoms with Gasteiger partial charge in [-0.3, -0.25) is 9.52 Å². The van der Waals surface area contributed by atoms with Crippen LogP contribution < -0.4 is 10.0 Å². The Hall–Kier alpha value is -3.26. The van der Waals surface area contributed by atoms with E-state index in [-0.39, 0.29) is 22.0 Å². The number of nitrogens with one attached hydrogen (secondary N) is 2. The molecule has 2 aromatic carbocycles. The molecule has 2 N–H and O–H groups in total. The first-order valence-corrected chi connectivity index (χ1v) is 9.86. The zero-order valence-corrected chi connectivity index (χ0v) is 16.0. The number of carbonyl (C=O) groups excluding carboxylic acids is 1. The van der Waals surface area contributed by atoms with Gasteiger partial charge in [-0.1, -0.05) is 18.2 Å². The molecule has 0 atom stereocenters. The average Bonchev–Trinajstić information content (AvgIpc) is 2.65. The summed E-state index contributed by atoms with van der Waals surface area (Å²) in [5.41, 5.74) is 1.92. The molecule has 0 unspecified atom stereocenters. The van der Waals surface area contributed by atoms with Crippen LogP contribution >= 0.6 is 0 Å². The maximum atomic E-state index is 12.9. The summed E-state index contributed by atoms with van der Waals surface area (Å²) in [5, 5.41) is 2.53. The fourth-order valence-corrected chi connectivity index (χ4v) is 3.95. The molecule has 1 amide bonds. The number of aromatic nitrogens is 1. The molecule has 0 saturated heterocycles. The summed E-state index contributed by atoms with van der Waals surface area (Å²) in [5.74, 6) is -0.819. The number of anilines is 2. The first kappa shape index (κ1) is 19.5. The minimum absolute atomic E-state index is 0.179. The predicted octanol–water partition coefficient (Wildman–Crippen LogP) is 3.89. The Bertz CT molecular complexity index is 1130. The van der Waals surface area contributed by atoms with Crippen molar-refractivity contribution in [2.24, 2.45) is 0 Å². The molecule has 3 rings (SSSR count). The van der Waals surface area contributed by atoms with E-state index in [0.717, 1.165) is 11.8 Å².